The summed E-state index contributed by atoms with van der Waals surface area (Å²) in [5.41, 5.74) is -0.432. The number of carbonyl (C=O) groups is 3. The van der Waals surface area contributed by atoms with Crippen LogP contribution in [-0.2, 0) is 14.3 Å². The Morgan fingerprint density at radius 3 is 2.50 bits per heavy atom. The minimum absolute atomic E-state index is 0.145. The van der Waals surface area contributed by atoms with E-state index in [1.54, 1.807) is 0 Å². The van der Waals surface area contributed by atoms with Gasteiger partial charge in [-0.05, 0) is 24.3 Å². The first kappa shape index (κ1) is 18.9. The van der Waals surface area contributed by atoms with Crippen LogP contribution in [0.5, 0.6) is 0 Å². The number of carbonyl (C=O) groups excluding carboxylic acids is 3. The number of amides is 2. The third kappa shape index (κ3) is 5.03. The van der Waals surface area contributed by atoms with Crippen molar-refractivity contribution < 1.29 is 32.3 Å². The predicted octanol–water partition coefficient (Wildman–Crippen LogP) is 1.41. The number of hydrogen-bond donors (Lipinski definition) is 2. The van der Waals surface area contributed by atoms with Gasteiger partial charge in [0.15, 0.2) is 24.1 Å². The Morgan fingerprint density at radius 2 is 1.81 bits per heavy atom. The molecule has 0 saturated heterocycles. The number of hydrogen-bond acceptors (Lipinski definition) is 5. The van der Waals surface area contributed by atoms with Gasteiger partial charge in [0.1, 0.15) is 0 Å². The second-order valence-corrected chi connectivity index (χ2v) is 4.87. The van der Waals surface area contributed by atoms with Gasteiger partial charge in [0.2, 0.25) is 5.91 Å². The number of halogens is 3. The van der Waals surface area contributed by atoms with E-state index in [4.69, 9.17) is 4.74 Å². The normalized spacial score (nSPS) is 10.1. The van der Waals surface area contributed by atoms with Crippen molar-refractivity contribution in [2.45, 2.75) is 0 Å². The van der Waals surface area contributed by atoms with Gasteiger partial charge < -0.3 is 15.4 Å². The summed E-state index contributed by atoms with van der Waals surface area (Å²) >= 11 is 0. The Labute approximate surface area is 145 Å². The molecule has 136 valence electrons. The van der Waals surface area contributed by atoms with Crippen molar-refractivity contribution in [1.82, 2.24) is 10.3 Å². The summed E-state index contributed by atoms with van der Waals surface area (Å²) in [5, 5.41) is 4.09. The molecule has 0 saturated carbocycles. The lowest BCUT2D eigenvalue weighted by Crippen LogP contribution is -2.35. The van der Waals surface area contributed by atoms with Crippen molar-refractivity contribution in [3.8, 4) is 0 Å². The van der Waals surface area contributed by atoms with Crippen molar-refractivity contribution in [3.05, 3.63) is 59.7 Å². The quantitative estimate of drug-likeness (QED) is 0.594. The lowest BCUT2D eigenvalue weighted by molar-refractivity contribution is -0.126. The fraction of sp³-hybridized carbons (Fsp3) is 0.125. The molecule has 1 aromatic carbocycles. The Kier molecular flexibility index (Phi) is 6.25. The van der Waals surface area contributed by atoms with Crippen LogP contribution in [-0.4, -0.2) is 35.9 Å². The zero-order chi connectivity index (χ0) is 19.1. The van der Waals surface area contributed by atoms with Gasteiger partial charge >= 0.3 is 5.97 Å². The summed E-state index contributed by atoms with van der Waals surface area (Å²) in [7, 11) is 0. The molecule has 0 atom stereocenters. The van der Waals surface area contributed by atoms with Crippen LogP contribution in [0.4, 0.5) is 18.9 Å². The van der Waals surface area contributed by atoms with Gasteiger partial charge in [0, 0.05) is 12.4 Å². The van der Waals surface area contributed by atoms with E-state index in [2.05, 4.69) is 10.3 Å². The molecule has 2 rings (SSSR count). The third-order valence-corrected chi connectivity index (χ3v) is 2.99. The number of esters is 1. The van der Waals surface area contributed by atoms with E-state index in [-0.39, 0.29) is 5.56 Å². The van der Waals surface area contributed by atoms with Gasteiger partial charge in [0.05, 0.1) is 17.8 Å². The monoisotopic (exact) mass is 367 g/mol. The largest absolute Gasteiger partial charge is 0.452 e. The molecule has 0 bridgehead atoms. The Morgan fingerprint density at radius 1 is 1.04 bits per heavy atom. The summed E-state index contributed by atoms with van der Waals surface area (Å²) < 4.78 is 44.0. The van der Waals surface area contributed by atoms with Crippen molar-refractivity contribution >= 4 is 23.5 Å². The van der Waals surface area contributed by atoms with Gasteiger partial charge in [0.25, 0.3) is 5.91 Å². The summed E-state index contributed by atoms with van der Waals surface area (Å²) in [6, 6.07) is 4.43. The maximum absolute atomic E-state index is 13.4. The lowest BCUT2D eigenvalue weighted by atomic mass is 10.2. The maximum Gasteiger partial charge on any atom is 0.340 e. The smallest absolute Gasteiger partial charge is 0.340 e. The molecule has 10 heteroatoms. The van der Waals surface area contributed by atoms with E-state index in [0.717, 1.165) is 6.07 Å². The summed E-state index contributed by atoms with van der Waals surface area (Å²) in [6.45, 7) is -1.25. The minimum atomic E-state index is -1.73. The number of anilines is 1. The van der Waals surface area contributed by atoms with Crippen molar-refractivity contribution in [2.24, 2.45) is 0 Å². The van der Waals surface area contributed by atoms with E-state index < -0.39 is 54.1 Å². The second kappa shape index (κ2) is 8.60. The second-order valence-electron chi connectivity index (χ2n) is 4.87. The highest BCUT2D eigenvalue weighted by atomic mass is 19.2. The Bertz CT molecular complexity index is 831. The highest BCUT2D eigenvalue weighted by Gasteiger charge is 2.16. The summed E-state index contributed by atoms with van der Waals surface area (Å²) in [4.78, 5) is 38.4. The van der Waals surface area contributed by atoms with E-state index in [1.807, 2.05) is 5.32 Å². The number of ether oxygens (including phenoxy) is 1. The molecule has 0 radical (unpaired) electrons. The number of rotatable bonds is 6. The van der Waals surface area contributed by atoms with Gasteiger partial charge in [-0.25, -0.2) is 18.0 Å². The molecule has 7 nitrogen and oxygen atoms in total. The molecular formula is C16H12F3N3O4. The summed E-state index contributed by atoms with van der Waals surface area (Å²) in [6.07, 6.45) is 2.71. The van der Waals surface area contributed by atoms with Crippen molar-refractivity contribution in [3.63, 3.8) is 0 Å². The molecule has 0 aliphatic carbocycles. The fourth-order valence-electron chi connectivity index (χ4n) is 1.74. The molecule has 1 heterocycles. The Hall–Kier alpha value is -3.43. The van der Waals surface area contributed by atoms with Gasteiger partial charge in [-0.15, -0.1) is 0 Å². The van der Waals surface area contributed by atoms with Crippen LogP contribution in [0, 0.1) is 17.5 Å². The van der Waals surface area contributed by atoms with Gasteiger partial charge in [-0.1, -0.05) is 0 Å². The van der Waals surface area contributed by atoms with Gasteiger partial charge in [-0.2, -0.15) is 0 Å². The van der Waals surface area contributed by atoms with Crippen LogP contribution < -0.4 is 10.6 Å². The zero-order valence-electron chi connectivity index (χ0n) is 13.1. The standard InChI is InChI=1S/C16H12F3N3O4/c17-10-3-4-11(15(19)14(10)18)22-12(23)7-21-13(24)8-26-16(25)9-2-1-5-20-6-9/h1-6H,7-8H2,(H,21,24)(H,22,23). The van der Waals surface area contributed by atoms with E-state index in [1.165, 1.54) is 24.5 Å². The first-order valence-electron chi connectivity index (χ1n) is 7.15. The highest BCUT2D eigenvalue weighted by Crippen LogP contribution is 2.19. The number of aromatic nitrogens is 1. The number of benzene rings is 1. The van der Waals surface area contributed by atoms with Gasteiger partial charge in [-0.3, -0.25) is 14.6 Å². The van der Waals surface area contributed by atoms with Crippen LogP contribution in [0.25, 0.3) is 0 Å². The summed E-state index contributed by atoms with van der Waals surface area (Å²) in [5.74, 6) is -7.14. The first-order valence-corrected chi connectivity index (χ1v) is 7.15. The lowest BCUT2D eigenvalue weighted by Gasteiger charge is -2.09. The number of pyridine rings is 1. The molecule has 26 heavy (non-hydrogen) atoms. The zero-order valence-corrected chi connectivity index (χ0v) is 13.1. The molecule has 0 unspecified atom stereocenters. The Balaban J connectivity index is 1.78. The van der Waals surface area contributed by atoms with Crippen LogP contribution in [0.3, 0.4) is 0 Å². The van der Waals surface area contributed by atoms with Crippen LogP contribution >= 0.6 is 0 Å². The maximum atomic E-state index is 13.4. The average molecular weight is 367 g/mol. The number of nitrogens with one attached hydrogen (secondary N) is 2. The van der Waals surface area contributed by atoms with E-state index >= 15 is 0 Å². The minimum Gasteiger partial charge on any atom is -0.452 e. The topological polar surface area (TPSA) is 97.4 Å². The van der Waals surface area contributed by atoms with Crippen molar-refractivity contribution in [1.29, 1.82) is 0 Å². The van der Waals surface area contributed by atoms with Crippen LogP contribution in [0.15, 0.2) is 36.7 Å². The van der Waals surface area contributed by atoms with Crippen LogP contribution in [0.2, 0.25) is 0 Å². The van der Waals surface area contributed by atoms with E-state index in [0.29, 0.717) is 6.07 Å². The molecular weight excluding hydrogens is 355 g/mol. The molecule has 0 fully saturated rings. The molecule has 2 amide bonds. The van der Waals surface area contributed by atoms with Crippen molar-refractivity contribution in [2.75, 3.05) is 18.5 Å². The predicted molar refractivity (Wildman–Crippen MR) is 82.5 cm³/mol. The molecule has 1 aromatic heterocycles. The first-order chi connectivity index (χ1) is 12.4. The highest BCUT2D eigenvalue weighted by molar-refractivity contribution is 5.95. The molecule has 0 spiro atoms. The SMILES string of the molecule is O=C(COC(=O)c1cccnc1)NCC(=O)Nc1ccc(F)c(F)c1F. The fourth-order valence-corrected chi connectivity index (χ4v) is 1.74. The molecule has 2 aromatic rings. The molecule has 0 aliphatic heterocycles. The third-order valence-electron chi connectivity index (χ3n) is 2.99. The molecule has 2 N–H and O–H groups in total. The molecule has 0 aliphatic rings. The average Bonchev–Trinajstić information content (AvgIpc) is 2.65. The van der Waals surface area contributed by atoms with E-state index in [9.17, 15) is 27.6 Å². The number of nitrogens with zero attached hydrogens (tertiary/aromatic N) is 1. The van der Waals surface area contributed by atoms with Crippen LogP contribution in [0.1, 0.15) is 10.4 Å².